The van der Waals surface area contributed by atoms with Gasteiger partial charge in [0.25, 0.3) is 0 Å². The van der Waals surface area contributed by atoms with Crippen LogP contribution in [0.3, 0.4) is 0 Å². The predicted molar refractivity (Wildman–Crippen MR) is 154 cm³/mol. The quantitative estimate of drug-likeness (QED) is 0.271. The largest absolute Gasteiger partial charge is 0.414 e. The summed E-state index contributed by atoms with van der Waals surface area (Å²) in [5.41, 5.74) is 1.88. The van der Waals surface area contributed by atoms with E-state index in [1.54, 1.807) is 5.57 Å². The molecule has 0 saturated heterocycles. The van der Waals surface area contributed by atoms with Gasteiger partial charge < -0.3 is 14.3 Å². The third-order valence-corrected chi connectivity index (χ3v) is 16.6. The lowest BCUT2D eigenvalue weighted by Gasteiger charge is -2.58. The van der Waals surface area contributed by atoms with E-state index >= 15 is 0 Å². The first-order valence-corrected chi connectivity index (χ1v) is 18.1. The van der Waals surface area contributed by atoms with Crippen LogP contribution in [0, 0.1) is 34.5 Å². The van der Waals surface area contributed by atoms with Crippen molar-refractivity contribution in [2.45, 2.75) is 149 Å². The zero-order valence-electron chi connectivity index (χ0n) is 25.4. The Balaban J connectivity index is 1.44. The Kier molecular flexibility index (Phi) is 7.84. The van der Waals surface area contributed by atoms with Gasteiger partial charge in [0.1, 0.15) is 0 Å². The van der Waals surface area contributed by atoms with Crippen molar-refractivity contribution in [2.24, 2.45) is 34.5 Å². The highest BCUT2D eigenvalue weighted by atomic mass is 28.4. The van der Waals surface area contributed by atoms with Crippen molar-refractivity contribution in [1.82, 2.24) is 0 Å². The van der Waals surface area contributed by atoms with Crippen LogP contribution in [-0.4, -0.2) is 37.8 Å². The molecule has 4 heteroatoms. The molecule has 208 valence electrons. The highest BCUT2D eigenvalue weighted by Crippen LogP contribution is 2.67. The van der Waals surface area contributed by atoms with Crippen molar-refractivity contribution in [1.29, 1.82) is 0 Å². The molecule has 4 rings (SSSR count). The number of rotatable bonds is 7. The Hall–Kier alpha value is -0.163. The summed E-state index contributed by atoms with van der Waals surface area (Å²) in [4.78, 5) is 0. The molecule has 0 bridgehead atoms. The van der Waals surface area contributed by atoms with Crippen LogP contribution in [-0.2, 0) is 9.16 Å². The van der Waals surface area contributed by atoms with E-state index in [1.165, 1.54) is 51.4 Å². The zero-order chi connectivity index (χ0) is 26.7. The number of hydrogen-bond acceptors (Lipinski definition) is 3. The molecule has 0 radical (unpaired) electrons. The highest BCUT2D eigenvalue weighted by molar-refractivity contribution is 6.74. The molecule has 0 aliphatic heterocycles. The van der Waals surface area contributed by atoms with Gasteiger partial charge in [-0.25, -0.2) is 0 Å². The predicted octanol–water partition coefficient (Wildman–Crippen LogP) is 8.52. The lowest BCUT2D eigenvalue weighted by atomic mass is 9.47. The first kappa shape index (κ1) is 28.8. The molecule has 36 heavy (non-hydrogen) atoms. The summed E-state index contributed by atoms with van der Waals surface area (Å²) >= 11 is 0. The van der Waals surface area contributed by atoms with Gasteiger partial charge in [-0.15, -0.1) is 0 Å². The van der Waals surface area contributed by atoms with Crippen LogP contribution in [0.4, 0.5) is 0 Å². The number of allylic oxidation sites excluding steroid dienone is 1. The topological polar surface area (TPSA) is 38.7 Å². The standard InChI is InChI=1S/C32H58O3Si/c1-22(34-20-19-30(5,6)33)26-13-14-27-25-12-11-23-21-24(35-36(9,10)29(2,3)4)15-17-31(23,7)28(25)16-18-32(26,27)8/h11,22,24-28,33H,12-21H2,1-10H3/t22-,24-,25-,26+,27-,28-,31-,32+/m0/s1. The van der Waals surface area contributed by atoms with Crippen LogP contribution >= 0.6 is 0 Å². The summed E-state index contributed by atoms with van der Waals surface area (Å²) in [6.45, 7) is 23.9. The van der Waals surface area contributed by atoms with Crippen LogP contribution in [0.5, 0.6) is 0 Å². The van der Waals surface area contributed by atoms with Crippen LogP contribution in [0.1, 0.15) is 113 Å². The number of fused-ring (bicyclic) bond motifs is 5. The van der Waals surface area contributed by atoms with Gasteiger partial charge in [-0.2, -0.15) is 0 Å². The second kappa shape index (κ2) is 9.79. The zero-order valence-corrected chi connectivity index (χ0v) is 26.4. The van der Waals surface area contributed by atoms with Gasteiger partial charge >= 0.3 is 0 Å². The molecule has 3 nitrogen and oxygen atoms in total. The summed E-state index contributed by atoms with van der Waals surface area (Å²) < 4.78 is 13.3. The fourth-order valence-corrected chi connectivity index (χ4v) is 10.1. The Labute approximate surface area is 224 Å². The van der Waals surface area contributed by atoms with Gasteiger partial charge in [0, 0.05) is 12.7 Å². The third kappa shape index (κ3) is 5.32. The summed E-state index contributed by atoms with van der Waals surface area (Å²) in [6.07, 6.45) is 14.5. The Morgan fingerprint density at radius 1 is 1.03 bits per heavy atom. The fraction of sp³-hybridized carbons (Fsp3) is 0.938. The lowest BCUT2D eigenvalue weighted by Crippen LogP contribution is -2.52. The molecular formula is C32H58O3Si. The molecule has 0 aromatic rings. The van der Waals surface area contributed by atoms with E-state index in [0.717, 1.165) is 17.8 Å². The smallest absolute Gasteiger partial charge is 0.192 e. The van der Waals surface area contributed by atoms with Crippen molar-refractivity contribution < 1.29 is 14.3 Å². The molecule has 0 aromatic heterocycles. The van der Waals surface area contributed by atoms with Gasteiger partial charge in [-0.3, -0.25) is 0 Å². The molecule has 0 heterocycles. The molecule has 3 fully saturated rings. The van der Waals surface area contributed by atoms with E-state index in [2.05, 4.69) is 60.7 Å². The Bertz CT molecular complexity index is 820. The van der Waals surface area contributed by atoms with Gasteiger partial charge in [0.15, 0.2) is 8.32 Å². The summed E-state index contributed by atoms with van der Waals surface area (Å²) in [7, 11) is -1.73. The van der Waals surface area contributed by atoms with E-state index in [0.29, 0.717) is 35.9 Å². The average Bonchev–Trinajstić information content (AvgIpc) is 3.09. The molecule has 4 aliphatic rings. The van der Waals surface area contributed by atoms with Crippen molar-refractivity contribution in [3.63, 3.8) is 0 Å². The summed E-state index contributed by atoms with van der Waals surface area (Å²) in [6, 6.07) is 0. The van der Waals surface area contributed by atoms with Gasteiger partial charge in [-0.1, -0.05) is 46.3 Å². The van der Waals surface area contributed by atoms with E-state index in [9.17, 15) is 5.11 Å². The van der Waals surface area contributed by atoms with Crippen molar-refractivity contribution >= 4 is 8.32 Å². The van der Waals surface area contributed by atoms with E-state index < -0.39 is 13.9 Å². The molecular weight excluding hydrogens is 460 g/mol. The van der Waals surface area contributed by atoms with Crippen molar-refractivity contribution in [3.8, 4) is 0 Å². The van der Waals surface area contributed by atoms with Gasteiger partial charge in [0.05, 0.1) is 11.7 Å². The molecule has 4 aliphatic carbocycles. The van der Waals surface area contributed by atoms with E-state index in [1.807, 2.05) is 13.8 Å². The monoisotopic (exact) mass is 518 g/mol. The molecule has 8 atom stereocenters. The average molecular weight is 519 g/mol. The lowest BCUT2D eigenvalue weighted by molar-refractivity contribution is -0.0859. The first-order valence-electron chi connectivity index (χ1n) is 15.2. The minimum Gasteiger partial charge on any atom is -0.414 e. The fourth-order valence-electron chi connectivity index (χ4n) is 8.74. The van der Waals surface area contributed by atoms with Gasteiger partial charge in [-0.05, 0) is 131 Å². The second-order valence-corrected chi connectivity index (χ2v) is 20.6. The molecule has 1 N–H and O–H groups in total. The van der Waals surface area contributed by atoms with E-state index in [-0.39, 0.29) is 11.1 Å². The summed E-state index contributed by atoms with van der Waals surface area (Å²) in [5.74, 6) is 3.16. The normalized spacial score (nSPS) is 40.2. The number of aliphatic hydroxyl groups is 1. The SMILES string of the molecule is C[C@H](OCCC(C)(C)O)[C@H]1CC[C@H]2[C@@H]3CC=C4C[C@@H](O[Si](C)(C)C(C)(C)C)CC[C@]4(C)[C@H]3CC[C@]12C. The van der Waals surface area contributed by atoms with Crippen LogP contribution in [0.25, 0.3) is 0 Å². The minimum absolute atomic E-state index is 0.280. The van der Waals surface area contributed by atoms with Crippen LogP contribution in [0.2, 0.25) is 18.1 Å². The minimum atomic E-state index is -1.73. The summed E-state index contributed by atoms with van der Waals surface area (Å²) in [5, 5.41) is 10.4. The Morgan fingerprint density at radius 3 is 2.36 bits per heavy atom. The maximum Gasteiger partial charge on any atom is 0.192 e. The third-order valence-electron chi connectivity index (χ3n) is 12.1. The molecule has 3 saturated carbocycles. The van der Waals surface area contributed by atoms with Crippen molar-refractivity contribution in [3.05, 3.63) is 11.6 Å². The Morgan fingerprint density at radius 2 is 1.72 bits per heavy atom. The molecule has 0 spiro atoms. The van der Waals surface area contributed by atoms with Gasteiger partial charge in [0.2, 0.25) is 0 Å². The van der Waals surface area contributed by atoms with Crippen LogP contribution < -0.4 is 0 Å². The molecule has 0 aromatic carbocycles. The number of hydrogen-bond donors (Lipinski definition) is 1. The number of ether oxygens (including phenoxy) is 1. The maximum absolute atomic E-state index is 10.1. The molecule has 0 amide bonds. The first-order chi connectivity index (χ1) is 16.5. The van der Waals surface area contributed by atoms with E-state index in [4.69, 9.17) is 9.16 Å². The maximum atomic E-state index is 10.1. The van der Waals surface area contributed by atoms with Crippen molar-refractivity contribution in [2.75, 3.05) is 6.61 Å². The second-order valence-electron chi connectivity index (χ2n) is 15.9. The highest BCUT2D eigenvalue weighted by Gasteiger charge is 2.59. The van der Waals surface area contributed by atoms with Crippen LogP contribution in [0.15, 0.2) is 11.6 Å². The molecule has 0 unspecified atom stereocenters.